The molecule has 3 rings (SSSR count). The molecule has 70 valence electrons. The first kappa shape index (κ1) is 3.37. The Bertz CT molecular complexity index is 806. The van der Waals surface area contributed by atoms with E-state index in [0.717, 1.165) is 0 Å². The molecule has 0 saturated heterocycles. The number of rotatable bonds is 0. The second-order valence-corrected chi connectivity index (χ2v) is 4.34. The maximum absolute atomic E-state index is 8.20. The number of hydrogen-bond acceptors (Lipinski definition) is 0. The van der Waals surface area contributed by atoms with Gasteiger partial charge in [0.2, 0.25) is 0 Å². The van der Waals surface area contributed by atoms with Crippen LogP contribution in [0.25, 0.3) is 10.8 Å². The summed E-state index contributed by atoms with van der Waals surface area (Å²) < 4.78 is 73.1. The molecule has 0 amide bonds. The van der Waals surface area contributed by atoms with Crippen LogP contribution < -0.4 is 0 Å². The third kappa shape index (κ3) is 1.20. The molecule has 0 nitrogen and oxygen atoms in total. The summed E-state index contributed by atoms with van der Waals surface area (Å²) in [6, 6.07) is -1.65. The molecule has 0 atom stereocenters. The second-order valence-electron chi connectivity index (χ2n) is 3.06. The first-order valence-electron chi connectivity index (χ1n) is 8.66. The molecule has 1 heteroatoms. The summed E-state index contributed by atoms with van der Waals surface area (Å²) in [5.41, 5.74) is -0.0000307. The van der Waals surface area contributed by atoms with Gasteiger partial charge in [0, 0.05) is 0 Å². The Morgan fingerprint density at radius 2 is 2.14 bits per heavy atom. The van der Waals surface area contributed by atoms with Crippen LogP contribution in [0.1, 0.15) is 29.0 Å². The first-order chi connectivity index (χ1) is 10.4. The maximum atomic E-state index is 8.20. The number of hydrogen-bond donors (Lipinski definition) is 0. The standard InChI is InChI=1S/C13H12Se/c1-9-5-10-3-2-4-11-7-14-8-12(6-9)13(10)11/h2-6H,7-8H2,1H3/i2D,3D,4D,5D,6D,7D2,8D2. The molecule has 2 aromatic rings. The van der Waals surface area contributed by atoms with E-state index >= 15 is 0 Å². The van der Waals surface area contributed by atoms with Gasteiger partial charge in [-0.1, -0.05) is 0 Å². The van der Waals surface area contributed by atoms with E-state index in [-0.39, 0.29) is 45.6 Å². The van der Waals surface area contributed by atoms with E-state index in [4.69, 9.17) is 12.3 Å². The molecule has 0 radical (unpaired) electrons. The van der Waals surface area contributed by atoms with E-state index < -0.39 is 37.6 Å². The summed E-state index contributed by atoms with van der Waals surface area (Å²) >= 11 is -1.24. The molecule has 0 bridgehead atoms. The monoisotopic (exact) mass is 257 g/mol. The van der Waals surface area contributed by atoms with Crippen molar-refractivity contribution in [2.45, 2.75) is 17.5 Å². The Kier molecular flexibility index (Phi) is 0.749. The zero-order chi connectivity index (χ0) is 17.5. The van der Waals surface area contributed by atoms with Crippen molar-refractivity contribution in [1.29, 1.82) is 0 Å². The summed E-state index contributed by atoms with van der Waals surface area (Å²) in [5.74, 6) is 0. The average molecular weight is 256 g/mol. The molecule has 0 N–H and O–H groups in total. The minimum absolute atomic E-state index is 0.0280. The first-order valence-corrected chi connectivity index (χ1v) is 5.87. The fourth-order valence-electron chi connectivity index (χ4n) is 1.50. The van der Waals surface area contributed by atoms with Gasteiger partial charge in [0.25, 0.3) is 0 Å². The van der Waals surface area contributed by atoms with Crippen molar-refractivity contribution in [3.63, 3.8) is 0 Å². The predicted molar refractivity (Wildman–Crippen MR) is 61.8 cm³/mol. The van der Waals surface area contributed by atoms with Gasteiger partial charge >= 0.3 is 102 Å². The van der Waals surface area contributed by atoms with Crippen LogP contribution in [0.2, 0.25) is 0 Å². The van der Waals surface area contributed by atoms with Crippen molar-refractivity contribution in [1.82, 2.24) is 0 Å². The molecular weight excluding hydrogens is 235 g/mol. The van der Waals surface area contributed by atoms with E-state index in [0.29, 0.717) is 0 Å². The van der Waals surface area contributed by atoms with Crippen LogP contribution in [0.5, 0.6) is 0 Å². The van der Waals surface area contributed by atoms with Gasteiger partial charge in [0.15, 0.2) is 0 Å². The van der Waals surface area contributed by atoms with Crippen LogP contribution in [-0.2, 0) is 10.5 Å². The van der Waals surface area contributed by atoms with Gasteiger partial charge in [0.05, 0.1) is 0 Å². The summed E-state index contributed by atoms with van der Waals surface area (Å²) in [7, 11) is 0. The van der Waals surface area contributed by atoms with Crippen molar-refractivity contribution < 1.29 is 12.3 Å². The summed E-state index contributed by atoms with van der Waals surface area (Å²) in [6.07, 6.45) is 0. The van der Waals surface area contributed by atoms with Crippen molar-refractivity contribution in [3.8, 4) is 0 Å². The Balaban J connectivity index is 2.76. The van der Waals surface area contributed by atoms with Gasteiger partial charge in [-0.15, -0.1) is 0 Å². The van der Waals surface area contributed by atoms with E-state index in [1.807, 2.05) is 0 Å². The van der Waals surface area contributed by atoms with Gasteiger partial charge in [0.1, 0.15) is 0 Å². The molecule has 1 aliphatic heterocycles. The molecule has 0 spiro atoms. The Morgan fingerprint density at radius 1 is 1.29 bits per heavy atom. The summed E-state index contributed by atoms with van der Waals surface area (Å²) in [6.45, 7) is 1.49. The minimum atomic E-state index is -2.14. The van der Waals surface area contributed by atoms with Gasteiger partial charge in [-0.05, 0) is 0 Å². The molecule has 0 fully saturated rings. The van der Waals surface area contributed by atoms with Crippen LogP contribution in [0.15, 0.2) is 30.2 Å². The van der Waals surface area contributed by atoms with Crippen LogP contribution in [0.4, 0.5) is 0 Å². The van der Waals surface area contributed by atoms with E-state index in [1.165, 1.54) is 6.92 Å². The topological polar surface area (TPSA) is 0 Å². The Morgan fingerprint density at radius 3 is 3.07 bits per heavy atom. The fourth-order valence-corrected chi connectivity index (χ4v) is 2.68. The molecule has 0 unspecified atom stereocenters. The molecule has 0 saturated carbocycles. The molecule has 0 aliphatic carbocycles. The molecule has 1 aliphatic rings. The van der Waals surface area contributed by atoms with Crippen LogP contribution in [0, 0.1) is 6.92 Å². The molecule has 1 heterocycles. The fraction of sp³-hybridized carbons (Fsp3) is 0.231. The quantitative estimate of drug-likeness (QED) is 0.636. The second kappa shape index (κ2) is 3.12. The van der Waals surface area contributed by atoms with Gasteiger partial charge < -0.3 is 0 Å². The van der Waals surface area contributed by atoms with Crippen molar-refractivity contribution in [2.75, 3.05) is 0 Å². The molecule has 0 aromatic heterocycles. The zero-order valence-electron chi connectivity index (χ0n) is 16.4. The van der Waals surface area contributed by atoms with E-state index in [1.54, 1.807) is 0 Å². The normalized spacial score (nSPS) is 31.1. The molecule has 14 heavy (non-hydrogen) atoms. The summed E-state index contributed by atoms with van der Waals surface area (Å²) in [4.78, 5) is 0. The van der Waals surface area contributed by atoms with Gasteiger partial charge in [-0.3, -0.25) is 0 Å². The Hall–Kier alpha value is -0.781. The third-order valence-corrected chi connectivity index (χ3v) is 3.34. The predicted octanol–water partition coefficient (Wildman–Crippen LogP) is 2.87. The van der Waals surface area contributed by atoms with Crippen molar-refractivity contribution >= 4 is 25.7 Å². The average Bonchev–Trinajstić information content (AvgIpc) is 2.39. The number of benzene rings is 2. The van der Waals surface area contributed by atoms with E-state index in [2.05, 4.69) is 0 Å². The Labute approximate surface area is 103 Å². The third-order valence-electron chi connectivity index (χ3n) is 2.06. The summed E-state index contributed by atoms with van der Waals surface area (Å²) in [5, 5.41) is -4.29. The van der Waals surface area contributed by atoms with Crippen LogP contribution in [0.3, 0.4) is 0 Å². The van der Waals surface area contributed by atoms with Crippen LogP contribution >= 0.6 is 0 Å². The SMILES string of the molecule is [2H]c1c([2H])c2c3c(c([2H])c(C)c([2H])c3c1[2H])C([2H])([2H])[Se]C2([2H])[2H]. The van der Waals surface area contributed by atoms with Gasteiger partial charge in [-0.25, -0.2) is 0 Å². The van der Waals surface area contributed by atoms with Crippen molar-refractivity contribution in [3.05, 3.63) is 46.9 Å². The van der Waals surface area contributed by atoms with Crippen molar-refractivity contribution in [2.24, 2.45) is 0 Å². The van der Waals surface area contributed by atoms with E-state index in [9.17, 15) is 0 Å². The molecular formula is C13H12Se. The zero-order valence-corrected chi connectivity index (χ0v) is 9.12. The molecule has 2 aromatic carbocycles. The van der Waals surface area contributed by atoms with Crippen LogP contribution in [-0.4, -0.2) is 15.0 Å². The van der Waals surface area contributed by atoms with Gasteiger partial charge in [-0.2, -0.15) is 0 Å².